The summed E-state index contributed by atoms with van der Waals surface area (Å²) in [6, 6.07) is 0.407. The Morgan fingerprint density at radius 1 is 1.67 bits per heavy atom. The molecule has 0 radical (unpaired) electrons. The first-order valence-electron chi connectivity index (χ1n) is 4.81. The van der Waals surface area contributed by atoms with E-state index < -0.39 is 5.91 Å². The molecule has 2 rings (SSSR count). The first kappa shape index (κ1) is 12.0. The van der Waals surface area contributed by atoms with Gasteiger partial charge in [0, 0.05) is 18.8 Å². The number of aromatic nitrogens is 2. The quantitative estimate of drug-likeness (QED) is 0.769. The Hall–Kier alpha value is -1.07. The lowest BCUT2D eigenvalue weighted by Gasteiger charge is -2.23. The summed E-state index contributed by atoms with van der Waals surface area (Å²) in [5, 5.41) is 3.31. The van der Waals surface area contributed by atoms with Crippen molar-refractivity contribution >= 4 is 18.3 Å². The van der Waals surface area contributed by atoms with Crippen molar-refractivity contribution in [1.82, 2.24) is 14.9 Å². The minimum atomic E-state index is -0.465. The summed E-state index contributed by atoms with van der Waals surface area (Å²) in [7, 11) is 0. The Balaban J connectivity index is 0.00000112. The smallest absolute Gasteiger partial charge is 0.268 e. The zero-order chi connectivity index (χ0) is 9.97. The van der Waals surface area contributed by atoms with E-state index in [0.717, 1.165) is 25.9 Å². The molecule has 1 unspecified atom stereocenters. The second-order valence-corrected chi connectivity index (χ2v) is 3.57. The van der Waals surface area contributed by atoms with Crippen molar-refractivity contribution in [1.29, 1.82) is 0 Å². The summed E-state index contributed by atoms with van der Waals surface area (Å²) in [5.41, 5.74) is 5.47. The van der Waals surface area contributed by atoms with Crippen molar-refractivity contribution in [2.24, 2.45) is 5.73 Å². The van der Waals surface area contributed by atoms with Gasteiger partial charge in [-0.15, -0.1) is 12.4 Å². The van der Waals surface area contributed by atoms with Crippen LogP contribution < -0.4 is 11.1 Å². The van der Waals surface area contributed by atoms with Gasteiger partial charge in [0.15, 0.2) is 0 Å². The number of piperidine rings is 1. The number of hydrogen-bond acceptors (Lipinski definition) is 3. The van der Waals surface area contributed by atoms with Crippen LogP contribution in [0.5, 0.6) is 0 Å². The van der Waals surface area contributed by atoms with Crippen LogP contribution in [0.25, 0.3) is 0 Å². The molecule has 0 saturated carbocycles. The van der Waals surface area contributed by atoms with Gasteiger partial charge in [-0.25, -0.2) is 4.98 Å². The van der Waals surface area contributed by atoms with Gasteiger partial charge in [0.2, 0.25) is 0 Å². The number of rotatable bonds is 2. The number of nitrogens with zero attached hydrogens (tertiary/aromatic N) is 2. The summed E-state index contributed by atoms with van der Waals surface area (Å²) < 4.78 is 1.96. The van der Waals surface area contributed by atoms with Crippen molar-refractivity contribution in [3.05, 3.63) is 18.2 Å². The number of carbonyl (C=O) groups is 1. The lowest BCUT2D eigenvalue weighted by Crippen LogP contribution is -2.31. The van der Waals surface area contributed by atoms with Crippen LogP contribution in [0.15, 0.2) is 12.5 Å². The summed E-state index contributed by atoms with van der Waals surface area (Å²) in [5.74, 6) is -0.465. The molecule has 2 heterocycles. The molecule has 0 bridgehead atoms. The van der Waals surface area contributed by atoms with Gasteiger partial charge in [0.1, 0.15) is 5.69 Å². The van der Waals surface area contributed by atoms with Gasteiger partial charge in [-0.2, -0.15) is 0 Å². The lowest BCUT2D eigenvalue weighted by molar-refractivity contribution is 0.0996. The second kappa shape index (κ2) is 5.14. The van der Waals surface area contributed by atoms with Crippen LogP contribution in [-0.4, -0.2) is 28.5 Å². The topological polar surface area (TPSA) is 72.9 Å². The summed E-state index contributed by atoms with van der Waals surface area (Å²) in [4.78, 5) is 14.8. The number of amides is 1. The lowest BCUT2D eigenvalue weighted by atomic mass is 10.1. The zero-order valence-corrected chi connectivity index (χ0v) is 9.17. The van der Waals surface area contributed by atoms with Crippen molar-refractivity contribution in [2.45, 2.75) is 18.9 Å². The highest BCUT2D eigenvalue weighted by Crippen LogP contribution is 2.16. The normalized spacial score (nSPS) is 20.7. The van der Waals surface area contributed by atoms with E-state index in [2.05, 4.69) is 10.3 Å². The van der Waals surface area contributed by atoms with Crippen LogP contribution in [0.1, 0.15) is 29.4 Å². The summed E-state index contributed by atoms with van der Waals surface area (Å²) in [6.45, 7) is 2.02. The Labute approximate surface area is 94.5 Å². The molecule has 15 heavy (non-hydrogen) atoms. The average molecular weight is 231 g/mol. The third kappa shape index (κ3) is 2.70. The van der Waals surface area contributed by atoms with Crippen molar-refractivity contribution < 1.29 is 4.79 Å². The zero-order valence-electron chi connectivity index (χ0n) is 8.35. The molecule has 1 aromatic rings. The van der Waals surface area contributed by atoms with Gasteiger partial charge in [0.05, 0.1) is 6.33 Å². The molecule has 1 aliphatic heterocycles. The Kier molecular flexibility index (Phi) is 4.11. The van der Waals surface area contributed by atoms with E-state index in [0.29, 0.717) is 11.7 Å². The number of halogens is 1. The predicted molar refractivity (Wildman–Crippen MR) is 59.1 cm³/mol. The fourth-order valence-corrected chi connectivity index (χ4v) is 1.75. The number of nitrogens with one attached hydrogen (secondary N) is 1. The molecule has 1 fully saturated rings. The monoisotopic (exact) mass is 230 g/mol. The highest BCUT2D eigenvalue weighted by molar-refractivity contribution is 5.90. The van der Waals surface area contributed by atoms with Crippen LogP contribution in [-0.2, 0) is 0 Å². The van der Waals surface area contributed by atoms with Crippen LogP contribution in [0.4, 0.5) is 0 Å². The van der Waals surface area contributed by atoms with Crippen LogP contribution >= 0.6 is 12.4 Å². The minimum absolute atomic E-state index is 0. The Morgan fingerprint density at radius 2 is 2.47 bits per heavy atom. The Morgan fingerprint density at radius 3 is 3.00 bits per heavy atom. The largest absolute Gasteiger partial charge is 0.364 e. The highest BCUT2D eigenvalue weighted by atomic mass is 35.5. The molecule has 84 valence electrons. The molecule has 1 aliphatic rings. The van der Waals surface area contributed by atoms with E-state index in [1.165, 1.54) is 0 Å². The van der Waals surface area contributed by atoms with Gasteiger partial charge >= 0.3 is 0 Å². The van der Waals surface area contributed by atoms with Gasteiger partial charge in [-0.05, 0) is 19.4 Å². The van der Waals surface area contributed by atoms with Crippen LogP contribution in [0, 0.1) is 0 Å². The minimum Gasteiger partial charge on any atom is -0.364 e. The molecule has 1 amide bonds. The average Bonchev–Trinajstić information content (AvgIpc) is 2.68. The fourth-order valence-electron chi connectivity index (χ4n) is 1.75. The first-order chi connectivity index (χ1) is 6.77. The number of primary amides is 1. The molecular weight excluding hydrogens is 216 g/mol. The number of hydrogen-bond donors (Lipinski definition) is 2. The molecular formula is C9H15ClN4O. The van der Waals surface area contributed by atoms with E-state index in [1.807, 2.05) is 4.57 Å². The van der Waals surface area contributed by atoms with E-state index in [-0.39, 0.29) is 12.4 Å². The maximum absolute atomic E-state index is 10.8. The molecule has 0 spiro atoms. The standard InChI is InChI=1S/C9H14N4O.ClH/c10-9(14)8-5-13(6-12-8)7-2-1-3-11-4-7;/h5-7,11H,1-4H2,(H2,10,14);1H. The van der Waals surface area contributed by atoms with E-state index in [1.54, 1.807) is 12.5 Å². The SMILES string of the molecule is Cl.NC(=O)c1cn(C2CCCNC2)cn1. The van der Waals surface area contributed by atoms with Crippen LogP contribution in [0.3, 0.4) is 0 Å². The Bertz CT molecular complexity index is 333. The second-order valence-electron chi connectivity index (χ2n) is 3.57. The number of nitrogens with two attached hydrogens (primary N) is 1. The first-order valence-corrected chi connectivity index (χ1v) is 4.81. The van der Waals surface area contributed by atoms with Gasteiger partial charge < -0.3 is 15.6 Å². The van der Waals surface area contributed by atoms with Gasteiger partial charge in [-0.3, -0.25) is 4.79 Å². The molecule has 0 aromatic carbocycles. The fraction of sp³-hybridized carbons (Fsp3) is 0.556. The van der Waals surface area contributed by atoms with Crippen molar-refractivity contribution in [3.8, 4) is 0 Å². The maximum Gasteiger partial charge on any atom is 0.268 e. The third-order valence-electron chi connectivity index (χ3n) is 2.55. The third-order valence-corrected chi connectivity index (χ3v) is 2.55. The maximum atomic E-state index is 10.8. The van der Waals surface area contributed by atoms with E-state index in [9.17, 15) is 4.79 Å². The van der Waals surface area contributed by atoms with Crippen molar-refractivity contribution in [2.75, 3.05) is 13.1 Å². The van der Waals surface area contributed by atoms with E-state index in [4.69, 9.17) is 5.73 Å². The molecule has 6 heteroatoms. The highest BCUT2D eigenvalue weighted by Gasteiger charge is 2.15. The molecule has 0 aliphatic carbocycles. The molecule has 1 aromatic heterocycles. The summed E-state index contributed by atoms with van der Waals surface area (Å²) >= 11 is 0. The van der Waals surface area contributed by atoms with Gasteiger partial charge in [0.25, 0.3) is 5.91 Å². The summed E-state index contributed by atoms with van der Waals surface area (Å²) in [6.07, 6.45) is 5.69. The number of carbonyl (C=O) groups excluding carboxylic acids is 1. The number of imidazole rings is 1. The molecule has 3 N–H and O–H groups in total. The predicted octanol–water partition coefficient (Wildman–Crippen LogP) is 0.328. The van der Waals surface area contributed by atoms with Crippen molar-refractivity contribution in [3.63, 3.8) is 0 Å². The van der Waals surface area contributed by atoms with Gasteiger partial charge in [-0.1, -0.05) is 0 Å². The van der Waals surface area contributed by atoms with Crippen LogP contribution in [0.2, 0.25) is 0 Å². The van der Waals surface area contributed by atoms with E-state index >= 15 is 0 Å². The molecule has 5 nitrogen and oxygen atoms in total. The molecule has 1 atom stereocenters. The molecule has 1 saturated heterocycles.